The van der Waals surface area contributed by atoms with Crippen molar-refractivity contribution in [3.63, 3.8) is 0 Å². The van der Waals surface area contributed by atoms with Gasteiger partial charge in [0.25, 0.3) is 0 Å². The number of nitrogens with one attached hydrogen (secondary N) is 1. The number of likely N-dealkylation sites (tertiary alicyclic amines) is 1. The molecule has 1 N–H and O–H groups in total. The van der Waals surface area contributed by atoms with Gasteiger partial charge in [0.1, 0.15) is 0 Å². The molecule has 0 aliphatic carbocycles. The first-order valence-corrected chi connectivity index (χ1v) is 10.0. The maximum atomic E-state index is 12.8. The Labute approximate surface area is 163 Å². The molecular formula is C23H31N3O. The second-order valence-electron chi connectivity index (χ2n) is 7.66. The van der Waals surface area contributed by atoms with E-state index in [0.717, 1.165) is 38.3 Å². The van der Waals surface area contributed by atoms with Crippen LogP contribution in [0.25, 0.3) is 0 Å². The van der Waals surface area contributed by atoms with Crippen LogP contribution in [0.3, 0.4) is 0 Å². The monoisotopic (exact) mass is 365 g/mol. The number of carbonyl (C=O) groups excluding carboxylic acids is 1. The maximum absolute atomic E-state index is 12.8. The van der Waals surface area contributed by atoms with Crippen molar-refractivity contribution in [2.75, 3.05) is 25.0 Å². The molecule has 1 saturated heterocycles. The number of hydrogen-bond donors (Lipinski definition) is 1. The molecule has 0 saturated carbocycles. The van der Waals surface area contributed by atoms with Gasteiger partial charge in [-0.1, -0.05) is 56.3 Å². The molecule has 1 aliphatic rings. The van der Waals surface area contributed by atoms with E-state index in [1.54, 1.807) is 0 Å². The summed E-state index contributed by atoms with van der Waals surface area (Å²) in [6, 6.07) is 19.0. The predicted molar refractivity (Wildman–Crippen MR) is 112 cm³/mol. The standard InChI is InChI=1S/C23H31N3O/c1-4-26(23(27)24-21-12-10-20(11-13-21)18(2)3)22-14-15-25(17-22)16-19-8-6-5-7-9-19/h5-13,18,22H,4,14-17H2,1-3H3,(H,24,27). The van der Waals surface area contributed by atoms with Crippen molar-refractivity contribution in [3.8, 4) is 0 Å². The number of urea groups is 1. The zero-order chi connectivity index (χ0) is 19.2. The van der Waals surface area contributed by atoms with Crippen LogP contribution < -0.4 is 5.32 Å². The summed E-state index contributed by atoms with van der Waals surface area (Å²) in [5.74, 6) is 0.496. The number of likely N-dealkylation sites (N-methyl/N-ethyl adjacent to an activating group) is 1. The molecule has 3 rings (SSSR count). The molecule has 1 fully saturated rings. The molecule has 2 amide bonds. The lowest BCUT2D eigenvalue weighted by Crippen LogP contribution is -2.44. The number of anilines is 1. The molecular weight excluding hydrogens is 334 g/mol. The maximum Gasteiger partial charge on any atom is 0.322 e. The van der Waals surface area contributed by atoms with Crippen molar-refractivity contribution < 1.29 is 4.79 Å². The summed E-state index contributed by atoms with van der Waals surface area (Å²) in [5, 5.41) is 3.07. The Morgan fingerprint density at radius 3 is 2.48 bits per heavy atom. The SMILES string of the molecule is CCN(C(=O)Nc1ccc(C(C)C)cc1)C1CCN(Cc2ccccc2)C1. The Hall–Kier alpha value is -2.33. The van der Waals surface area contributed by atoms with Crippen LogP contribution in [0.5, 0.6) is 0 Å². The molecule has 27 heavy (non-hydrogen) atoms. The average Bonchev–Trinajstić information content (AvgIpc) is 3.11. The molecule has 2 aromatic carbocycles. The Bertz CT molecular complexity index is 727. The lowest BCUT2D eigenvalue weighted by atomic mass is 10.0. The number of hydrogen-bond acceptors (Lipinski definition) is 2. The first-order chi connectivity index (χ1) is 13.1. The fourth-order valence-electron chi connectivity index (χ4n) is 3.77. The quantitative estimate of drug-likeness (QED) is 0.787. The fourth-order valence-corrected chi connectivity index (χ4v) is 3.77. The van der Waals surface area contributed by atoms with Crippen molar-refractivity contribution in [1.29, 1.82) is 0 Å². The van der Waals surface area contributed by atoms with Crippen molar-refractivity contribution in [3.05, 3.63) is 65.7 Å². The zero-order valence-electron chi connectivity index (χ0n) is 16.7. The topological polar surface area (TPSA) is 35.6 Å². The van der Waals surface area contributed by atoms with Crippen molar-refractivity contribution >= 4 is 11.7 Å². The van der Waals surface area contributed by atoms with E-state index in [4.69, 9.17) is 0 Å². The normalized spacial score (nSPS) is 17.3. The third-order valence-electron chi connectivity index (χ3n) is 5.37. The highest BCUT2D eigenvalue weighted by Gasteiger charge is 2.29. The fraction of sp³-hybridized carbons (Fsp3) is 0.435. The number of nitrogens with zero attached hydrogens (tertiary/aromatic N) is 2. The number of amides is 2. The highest BCUT2D eigenvalue weighted by molar-refractivity contribution is 5.89. The Kier molecular flexibility index (Phi) is 6.51. The van der Waals surface area contributed by atoms with Gasteiger partial charge < -0.3 is 10.2 Å². The second kappa shape index (κ2) is 9.05. The van der Waals surface area contributed by atoms with Gasteiger partial charge in [0.05, 0.1) is 0 Å². The second-order valence-corrected chi connectivity index (χ2v) is 7.66. The van der Waals surface area contributed by atoms with Gasteiger partial charge in [-0.25, -0.2) is 4.79 Å². The van der Waals surface area contributed by atoms with E-state index in [9.17, 15) is 4.79 Å². The molecule has 1 atom stereocenters. The molecule has 1 heterocycles. The number of benzene rings is 2. The molecule has 0 aromatic heterocycles. The Balaban J connectivity index is 1.57. The van der Waals surface area contributed by atoms with Gasteiger partial charge in [-0.15, -0.1) is 0 Å². The van der Waals surface area contributed by atoms with E-state index in [1.807, 2.05) is 23.1 Å². The first kappa shape index (κ1) is 19.4. The van der Waals surface area contributed by atoms with Crippen LogP contribution in [-0.2, 0) is 6.54 Å². The van der Waals surface area contributed by atoms with E-state index >= 15 is 0 Å². The molecule has 2 aromatic rings. The average molecular weight is 366 g/mol. The van der Waals surface area contributed by atoms with E-state index in [2.05, 4.69) is 67.4 Å². The molecule has 1 aliphatic heterocycles. The predicted octanol–water partition coefficient (Wildman–Crippen LogP) is 4.94. The van der Waals surface area contributed by atoms with Crippen LogP contribution in [0.2, 0.25) is 0 Å². The third-order valence-corrected chi connectivity index (χ3v) is 5.37. The van der Waals surface area contributed by atoms with E-state index < -0.39 is 0 Å². The van der Waals surface area contributed by atoms with E-state index in [0.29, 0.717) is 5.92 Å². The van der Waals surface area contributed by atoms with Crippen LogP contribution in [0.4, 0.5) is 10.5 Å². The smallest absolute Gasteiger partial charge is 0.320 e. The van der Waals surface area contributed by atoms with Crippen molar-refractivity contribution in [2.45, 2.75) is 45.7 Å². The van der Waals surface area contributed by atoms with Gasteiger partial charge in [0.15, 0.2) is 0 Å². The summed E-state index contributed by atoms with van der Waals surface area (Å²) in [4.78, 5) is 17.2. The van der Waals surface area contributed by atoms with Gasteiger partial charge in [0.2, 0.25) is 0 Å². The minimum Gasteiger partial charge on any atom is -0.320 e. The van der Waals surface area contributed by atoms with Gasteiger partial charge in [-0.3, -0.25) is 4.90 Å². The summed E-state index contributed by atoms with van der Waals surface area (Å²) in [7, 11) is 0. The summed E-state index contributed by atoms with van der Waals surface area (Å²) in [6.07, 6.45) is 1.03. The van der Waals surface area contributed by atoms with Gasteiger partial charge >= 0.3 is 6.03 Å². The highest BCUT2D eigenvalue weighted by Crippen LogP contribution is 2.21. The van der Waals surface area contributed by atoms with Crippen LogP contribution in [-0.4, -0.2) is 41.5 Å². The van der Waals surface area contributed by atoms with E-state index in [-0.39, 0.29) is 12.1 Å². The molecule has 144 valence electrons. The van der Waals surface area contributed by atoms with E-state index in [1.165, 1.54) is 11.1 Å². The van der Waals surface area contributed by atoms with Crippen LogP contribution in [0.1, 0.15) is 44.2 Å². The zero-order valence-corrected chi connectivity index (χ0v) is 16.7. The lowest BCUT2D eigenvalue weighted by Gasteiger charge is -2.28. The van der Waals surface area contributed by atoms with Crippen molar-refractivity contribution in [2.24, 2.45) is 0 Å². The minimum atomic E-state index is 0.00126. The van der Waals surface area contributed by atoms with Gasteiger partial charge in [0, 0.05) is 37.9 Å². The summed E-state index contributed by atoms with van der Waals surface area (Å²) in [6.45, 7) is 10.0. The highest BCUT2D eigenvalue weighted by atomic mass is 16.2. The van der Waals surface area contributed by atoms with Gasteiger partial charge in [-0.2, -0.15) is 0 Å². The molecule has 0 radical (unpaired) electrons. The molecule has 0 bridgehead atoms. The first-order valence-electron chi connectivity index (χ1n) is 10.0. The summed E-state index contributed by atoms with van der Waals surface area (Å²) < 4.78 is 0. The van der Waals surface area contributed by atoms with Crippen LogP contribution in [0.15, 0.2) is 54.6 Å². The number of carbonyl (C=O) groups is 1. The Morgan fingerprint density at radius 2 is 1.85 bits per heavy atom. The molecule has 4 nitrogen and oxygen atoms in total. The van der Waals surface area contributed by atoms with Gasteiger partial charge in [-0.05, 0) is 42.5 Å². The van der Waals surface area contributed by atoms with Crippen molar-refractivity contribution in [1.82, 2.24) is 9.80 Å². The largest absolute Gasteiger partial charge is 0.322 e. The minimum absolute atomic E-state index is 0.00126. The summed E-state index contributed by atoms with van der Waals surface area (Å²) >= 11 is 0. The van der Waals surface area contributed by atoms with Crippen LogP contribution in [0, 0.1) is 0 Å². The van der Waals surface area contributed by atoms with Crippen LogP contribution >= 0.6 is 0 Å². The molecule has 0 spiro atoms. The third kappa shape index (κ3) is 5.10. The number of rotatable bonds is 6. The molecule has 1 unspecified atom stereocenters. The lowest BCUT2D eigenvalue weighted by molar-refractivity contribution is 0.189. The Morgan fingerprint density at radius 1 is 1.15 bits per heavy atom. The summed E-state index contributed by atoms with van der Waals surface area (Å²) in [5.41, 5.74) is 3.48. The molecule has 4 heteroatoms.